The molecule has 0 aromatic carbocycles. The Hall–Kier alpha value is 1.11. The van der Waals surface area contributed by atoms with E-state index in [9.17, 15) is 4.21 Å². The Bertz CT molecular complexity index is 51.0. The summed E-state index contributed by atoms with van der Waals surface area (Å²) in [6, 6.07) is 0. The van der Waals surface area contributed by atoms with E-state index in [4.69, 9.17) is 0 Å². The van der Waals surface area contributed by atoms with Gasteiger partial charge in [-0.15, -0.1) is 0 Å². The summed E-state index contributed by atoms with van der Waals surface area (Å²) in [5.74, 6) is 0. The third-order valence-electron chi connectivity index (χ3n) is 0.235. The average molecular weight is 118 g/mol. The Morgan fingerprint density at radius 2 is 2.00 bits per heavy atom. The van der Waals surface area contributed by atoms with Gasteiger partial charge in [0.1, 0.15) is 0 Å². The summed E-state index contributed by atoms with van der Waals surface area (Å²) in [5, 5.41) is 0. The van der Waals surface area contributed by atoms with Crippen molar-refractivity contribution in [2.75, 3.05) is 13.4 Å². The molecule has 1 unspecified atom stereocenters. The van der Waals surface area contributed by atoms with Gasteiger partial charge in [0, 0.05) is 6.26 Å². The van der Waals surface area contributed by atoms with E-state index in [2.05, 4.69) is 4.18 Å². The molecule has 0 saturated heterocycles. The molecule has 0 bridgehead atoms. The summed E-state index contributed by atoms with van der Waals surface area (Å²) in [6.07, 6.45) is 1.47. The van der Waals surface area contributed by atoms with Crippen LogP contribution in [0.5, 0.6) is 0 Å². The van der Waals surface area contributed by atoms with Crippen molar-refractivity contribution in [2.45, 2.75) is 0 Å². The van der Waals surface area contributed by atoms with Crippen LogP contribution in [0.2, 0.25) is 0 Å². The molecule has 0 aromatic rings. The van der Waals surface area contributed by atoms with Gasteiger partial charge in [-0.05, 0) is 0 Å². The average Bonchev–Trinajstić information content (AvgIpc) is 1.38. The molecule has 0 heterocycles. The Kier molecular flexibility index (Phi) is 10.4. The normalized spacial score (nSPS) is 12.3. The third kappa shape index (κ3) is 8.92. The molecule has 0 aliphatic heterocycles. The molecule has 0 aliphatic rings. The van der Waals surface area contributed by atoms with Gasteiger partial charge < -0.3 is 1.43 Å². The van der Waals surface area contributed by atoms with Crippen LogP contribution in [0.25, 0.3) is 0 Å². The predicted octanol–water partition coefficient (Wildman–Crippen LogP) is -2.96. The molecule has 0 rings (SSSR count). The Labute approximate surface area is 63.7 Å². The standard InChI is InChI=1S/C2H6O2S.Na.H/c1-4-5(2)3;;/h1-2H3;;/q;+1;-1. The van der Waals surface area contributed by atoms with Gasteiger partial charge in [-0.1, -0.05) is 0 Å². The topological polar surface area (TPSA) is 26.3 Å². The number of hydrogen-bond donors (Lipinski definition) is 0. The Morgan fingerprint density at radius 3 is 2.00 bits per heavy atom. The second-order valence-corrected chi connectivity index (χ2v) is 1.70. The molecule has 0 saturated carbocycles. The van der Waals surface area contributed by atoms with Gasteiger partial charge in [0.25, 0.3) is 0 Å². The molecular formula is C2H7NaO2S. The maximum atomic E-state index is 9.70. The molecule has 0 N–H and O–H groups in total. The predicted molar refractivity (Wildman–Crippen MR) is 22.2 cm³/mol. The van der Waals surface area contributed by atoms with E-state index in [1.54, 1.807) is 0 Å². The van der Waals surface area contributed by atoms with Crippen LogP contribution < -0.4 is 29.6 Å². The molecule has 34 valence electrons. The fourth-order valence-corrected chi connectivity index (χ4v) is 0. The third-order valence-corrected chi connectivity index (χ3v) is 0.704. The summed E-state index contributed by atoms with van der Waals surface area (Å²) >= 11 is -1.07. The summed E-state index contributed by atoms with van der Waals surface area (Å²) in [4.78, 5) is 0. The zero-order valence-electron chi connectivity index (χ0n) is 5.22. The number of rotatable bonds is 1. The molecule has 0 radical (unpaired) electrons. The van der Waals surface area contributed by atoms with Gasteiger partial charge in [-0.25, -0.2) is 4.21 Å². The maximum Gasteiger partial charge on any atom is 1.00 e. The summed E-state index contributed by atoms with van der Waals surface area (Å²) < 4.78 is 13.9. The molecule has 0 amide bonds. The zero-order valence-corrected chi connectivity index (χ0v) is 7.04. The summed E-state index contributed by atoms with van der Waals surface area (Å²) in [6.45, 7) is 0. The van der Waals surface area contributed by atoms with Crippen molar-refractivity contribution in [1.82, 2.24) is 0 Å². The van der Waals surface area contributed by atoms with Crippen LogP contribution in [0, 0.1) is 0 Å². The van der Waals surface area contributed by atoms with Crippen LogP contribution in [0.15, 0.2) is 0 Å². The fraction of sp³-hybridized carbons (Fsp3) is 1.00. The van der Waals surface area contributed by atoms with Gasteiger partial charge in [-0.2, -0.15) is 0 Å². The van der Waals surface area contributed by atoms with Crippen molar-refractivity contribution in [3.63, 3.8) is 0 Å². The second-order valence-electron chi connectivity index (χ2n) is 0.568. The first-order valence-electron chi connectivity index (χ1n) is 1.15. The van der Waals surface area contributed by atoms with Crippen LogP contribution in [-0.2, 0) is 15.3 Å². The molecule has 0 aromatic heterocycles. The van der Waals surface area contributed by atoms with Crippen LogP contribution in [0.4, 0.5) is 0 Å². The van der Waals surface area contributed by atoms with Crippen LogP contribution >= 0.6 is 0 Å². The van der Waals surface area contributed by atoms with E-state index in [-0.39, 0.29) is 31.0 Å². The van der Waals surface area contributed by atoms with E-state index >= 15 is 0 Å². The van der Waals surface area contributed by atoms with E-state index in [0.717, 1.165) is 0 Å². The Morgan fingerprint density at radius 1 is 1.83 bits per heavy atom. The minimum atomic E-state index is -1.07. The molecule has 1 atom stereocenters. The van der Waals surface area contributed by atoms with Crippen molar-refractivity contribution in [2.24, 2.45) is 0 Å². The van der Waals surface area contributed by atoms with E-state index < -0.39 is 11.1 Å². The summed E-state index contributed by atoms with van der Waals surface area (Å²) in [5.41, 5.74) is 0. The maximum absolute atomic E-state index is 9.70. The SMILES string of the molecule is COS(C)=O.[H-].[Na+]. The van der Waals surface area contributed by atoms with Crippen LogP contribution in [-0.4, -0.2) is 17.6 Å². The summed E-state index contributed by atoms with van der Waals surface area (Å²) in [7, 11) is 1.40. The van der Waals surface area contributed by atoms with E-state index in [1.807, 2.05) is 0 Å². The first-order chi connectivity index (χ1) is 2.27. The van der Waals surface area contributed by atoms with Gasteiger partial charge in [0.05, 0.1) is 7.11 Å². The van der Waals surface area contributed by atoms with Gasteiger partial charge in [0.2, 0.25) is 0 Å². The van der Waals surface area contributed by atoms with Crippen molar-refractivity contribution in [1.29, 1.82) is 0 Å². The van der Waals surface area contributed by atoms with Gasteiger partial charge >= 0.3 is 29.6 Å². The molecule has 0 fully saturated rings. The minimum absolute atomic E-state index is 0. The van der Waals surface area contributed by atoms with E-state index in [1.165, 1.54) is 13.4 Å². The number of hydrogen-bond acceptors (Lipinski definition) is 2. The van der Waals surface area contributed by atoms with Crippen molar-refractivity contribution in [3.05, 3.63) is 0 Å². The monoisotopic (exact) mass is 118 g/mol. The first-order valence-corrected chi connectivity index (χ1v) is 2.63. The second kappa shape index (κ2) is 6.11. The Balaban J connectivity index is -0.0000000800. The smallest absolute Gasteiger partial charge is 1.00 e. The molecule has 2 nitrogen and oxygen atoms in total. The van der Waals surface area contributed by atoms with Crippen molar-refractivity contribution < 1.29 is 39.4 Å². The minimum Gasteiger partial charge on any atom is -1.00 e. The molecule has 0 aliphatic carbocycles. The molecule has 6 heavy (non-hydrogen) atoms. The van der Waals surface area contributed by atoms with Crippen molar-refractivity contribution >= 4 is 11.1 Å². The van der Waals surface area contributed by atoms with Crippen molar-refractivity contribution in [3.8, 4) is 0 Å². The zero-order chi connectivity index (χ0) is 4.28. The van der Waals surface area contributed by atoms with Gasteiger partial charge in [0.15, 0.2) is 11.1 Å². The molecule has 0 spiro atoms. The first kappa shape index (κ1) is 10.2. The molecule has 4 heteroatoms. The molecular weight excluding hydrogens is 111 g/mol. The van der Waals surface area contributed by atoms with Gasteiger partial charge in [-0.3, -0.25) is 4.18 Å². The fourth-order valence-electron chi connectivity index (χ4n) is 0. The largest absolute Gasteiger partial charge is 1.00 e. The quantitative estimate of drug-likeness (QED) is 0.344. The van der Waals surface area contributed by atoms with Crippen LogP contribution in [0.1, 0.15) is 1.43 Å². The van der Waals surface area contributed by atoms with E-state index in [0.29, 0.717) is 0 Å². The van der Waals surface area contributed by atoms with Crippen LogP contribution in [0.3, 0.4) is 0 Å².